The highest BCUT2D eigenvalue weighted by Gasteiger charge is 2.49. The fourth-order valence-electron chi connectivity index (χ4n) is 2.17. The van der Waals surface area contributed by atoms with Gasteiger partial charge in [0.1, 0.15) is 0 Å². The van der Waals surface area contributed by atoms with E-state index in [0.29, 0.717) is 13.0 Å². The Bertz CT molecular complexity index is 393. The third kappa shape index (κ3) is 2.61. The van der Waals surface area contributed by atoms with Gasteiger partial charge in [0.2, 0.25) is 0 Å². The van der Waals surface area contributed by atoms with Gasteiger partial charge in [-0.3, -0.25) is 4.79 Å². The second-order valence-corrected chi connectivity index (χ2v) is 6.46. The summed E-state index contributed by atoms with van der Waals surface area (Å²) in [4.78, 5) is 11.4. The molecule has 1 saturated heterocycles. The molecule has 0 bridgehead atoms. The second-order valence-electron chi connectivity index (χ2n) is 4.70. The zero-order valence-corrected chi connectivity index (χ0v) is 11.2. The molecule has 1 aliphatic heterocycles. The van der Waals surface area contributed by atoms with E-state index in [4.69, 9.17) is 0 Å². The number of hydrogen-bond donors (Lipinski definition) is 2. The third-order valence-corrected chi connectivity index (χ3v) is 5.11. The molecule has 100 valence electrons. The zero-order valence-electron chi connectivity index (χ0n) is 10.4. The van der Waals surface area contributed by atoms with Crippen molar-refractivity contribution in [2.75, 3.05) is 19.6 Å². The molecule has 2 N–H and O–H groups in total. The fraction of sp³-hybridized carbons (Fsp3) is 0.900. The van der Waals surface area contributed by atoms with E-state index in [9.17, 15) is 18.3 Å². The molecule has 1 unspecified atom stereocenters. The molecular formula is C10H20N2O4S. The van der Waals surface area contributed by atoms with Crippen molar-refractivity contribution in [3.63, 3.8) is 0 Å². The van der Waals surface area contributed by atoms with Crippen LogP contribution >= 0.6 is 0 Å². The van der Waals surface area contributed by atoms with Crippen LogP contribution in [0.25, 0.3) is 0 Å². The van der Waals surface area contributed by atoms with Crippen molar-refractivity contribution in [2.45, 2.75) is 27.2 Å². The SMILES string of the molecule is CCNS(=O)(=O)N1CCC(C(=O)O)(C(C)C)C1. The number of nitrogens with zero attached hydrogens (tertiary/aromatic N) is 1. The Kier molecular flexibility index (Phi) is 4.16. The molecule has 1 aliphatic rings. The van der Waals surface area contributed by atoms with E-state index in [1.54, 1.807) is 6.92 Å². The molecule has 0 aliphatic carbocycles. The van der Waals surface area contributed by atoms with Crippen LogP contribution in [0.3, 0.4) is 0 Å². The minimum Gasteiger partial charge on any atom is -0.481 e. The predicted molar refractivity (Wildman–Crippen MR) is 63.7 cm³/mol. The summed E-state index contributed by atoms with van der Waals surface area (Å²) in [7, 11) is -3.53. The Labute approximate surface area is 102 Å². The van der Waals surface area contributed by atoms with Crippen LogP contribution in [0.15, 0.2) is 0 Å². The maximum atomic E-state index is 11.8. The molecule has 1 atom stereocenters. The van der Waals surface area contributed by atoms with Crippen molar-refractivity contribution in [1.29, 1.82) is 0 Å². The van der Waals surface area contributed by atoms with Gasteiger partial charge >= 0.3 is 5.97 Å². The fourth-order valence-corrected chi connectivity index (χ4v) is 3.45. The Morgan fingerprint density at radius 3 is 2.47 bits per heavy atom. The molecule has 17 heavy (non-hydrogen) atoms. The minimum atomic E-state index is -3.53. The summed E-state index contributed by atoms with van der Waals surface area (Å²) in [5.41, 5.74) is -0.956. The summed E-state index contributed by atoms with van der Waals surface area (Å²) in [5.74, 6) is -1.01. The number of rotatable bonds is 5. The highest BCUT2D eigenvalue weighted by Crippen LogP contribution is 2.38. The molecule has 1 rings (SSSR count). The van der Waals surface area contributed by atoms with E-state index >= 15 is 0 Å². The first-order valence-corrected chi connectivity index (χ1v) is 7.18. The van der Waals surface area contributed by atoms with Gasteiger partial charge < -0.3 is 5.11 Å². The summed E-state index contributed by atoms with van der Waals surface area (Å²) in [6.07, 6.45) is 0.366. The smallest absolute Gasteiger partial charge is 0.311 e. The third-order valence-electron chi connectivity index (χ3n) is 3.46. The number of carboxylic acid groups (broad SMARTS) is 1. The summed E-state index contributed by atoms with van der Waals surface area (Å²) >= 11 is 0. The Morgan fingerprint density at radius 1 is 1.53 bits per heavy atom. The largest absolute Gasteiger partial charge is 0.481 e. The number of hydrogen-bond acceptors (Lipinski definition) is 3. The summed E-state index contributed by atoms with van der Waals surface area (Å²) in [5, 5.41) is 9.31. The molecule has 0 radical (unpaired) electrons. The van der Waals surface area contributed by atoms with Gasteiger partial charge in [0, 0.05) is 19.6 Å². The quantitative estimate of drug-likeness (QED) is 0.746. The molecule has 0 aromatic carbocycles. The lowest BCUT2D eigenvalue weighted by molar-refractivity contribution is -0.150. The second kappa shape index (κ2) is 4.91. The van der Waals surface area contributed by atoms with E-state index in [-0.39, 0.29) is 19.0 Å². The van der Waals surface area contributed by atoms with Crippen LogP contribution < -0.4 is 4.72 Å². The molecule has 0 aromatic rings. The number of carboxylic acids is 1. The van der Waals surface area contributed by atoms with Crippen LogP contribution in [0, 0.1) is 11.3 Å². The van der Waals surface area contributed by atoms with E-state index in [1.807, 2.05) is 13.8 Å². The standard InChI is InChI=1S/C10H20N2O4S/c1-4-11-17(15,16)12-6-5-10(7-12,8(2)3)9(13)14/h8,11H,4-7H2,1-3H3,(H,13,14). The number of carbonyl (C=O) groups is 1. The van der Waals surface area contributed by atoms with Crippen LogP contribution in [0.4, 0.5) is 0 Å². The number of nitrogens with one attached hydrogen (secondary N) is 1. The van der Waals surface area contributed by atoms with Crippen LogP contribution in [-0.2, 0) is 15.0 Å². The van der Waals surface area contributed by atoms with E-state index in [0.717, 1.165) is 0 Å². The van der Waals surface area contributed by atoms with Crippen LogP contribution in [0.1, 0.15) is 27.2 Å². The molecule has 7 heteroatoms. The van der Waals surface area contributed by atoms with Crippen molar-refractivity contribution < 1.29 is 18.3 Å². The topological polar surface area (TPSA) is 86.7 Å². The molecule has 6 nitrogen and oxygen atoms in total. The highest BCUT2D eigenvalue weighted by atomic mass is 32.2. The Hall–Kier alpha value is -0.660. The van der Waals surface area contributed by atoms with E-state index in [1.165, 1.54) is 4.31 Å². The lowest BCUT2D eigenvalue weighted by Gasteiger charge is -2.28. The van der Waals surface area contributed by atoms with Gasteiger partial charge in [0.05, 0.1) is 5.41 Å². The average Bonchev–Trinajstić information content (AvgIpc) is 2.63. The van der Waals surface area contributed by atoms with Gasteiger partial charge in [-0.15, -0.1) is 0 Å². The Morgan fingerprint density at radius 2 is 2.12 bits per heavy atom. The monoisotopic (exact) mass is 264 g/mol. The molecular weight excluding hydrogens is 244 g/mol. The van der Waals surface area contributed by atoms with Gasteiger partial charge in [-0.2, -0.15) is 12.7 Å². The lowest BCUT2D eigenvalue weighted by atomic mass is 9.77. The van der Waals surface area contributed by atoms with E-state index in [2.05, 4.69) is 4.72 Å². The van der Waals surface area contributed by atoms with Gasteiger partial charge in [-0.25, -0.2) is 4.72 Å². The maximum absolute atomic E-state index is 11.8. The van der Waals surface area contributed by atoms with Crippen LogP contribution in [0.2, 0.25) is 0 Å². The summed E-state index contributed by atoms with van der Waals surface area (Å²) in [6, 6.07) is 0. The first-order valence-electron chi connectivity index (χ1n) is 5.74. The highest BCUT2D eigenvalue weighted by molar-refractivity contribution is 7.87. The van der Waals surface area contributed by atoms with Gasteiger partial charge in [-0.05, 0) is 12.3 Å². The molecule has 1 fully saturated rings. The average molecular weight is 264 g/mol. The van der Waals surface area contributed by atoms with Gasteiger partial charge in [0.25, 0.3) is 10.2 Å². The van der Waals surface area contributed by atoms with Crippen molar-refractivity contribution >= 4 is 16.2 Å². The Balaban J connectivity index is 2.91. The number of aliphatic carboxylic acids is 1. The summed E-state index contributed by atoms with van der Waals surface area (Å²) in [6.45, 7) is 5.95. The van der Waals surface area contributed by atoms with Crippen molar-refractivity contribution in [1.82, 2.24) is 9.03 Å². The predicted octanol–water partition coefficient (Wildman–Crippen LogP) is 0.273. The molecule has 0 saturated carbocycles. The minimum absolute atomic E-state index is 0.0509. The first kappa shape index (κ1) is 14.4. The molecule has 1 heterocycles. The van der Waals surface area contributed by atoms with Crippen LogP contribution in [0.5, 0.6) is 0 Å². The van der Waals surface area contributed by atoms with Crippen molar-refractivity contribution in [2.24, 2.45) is 11.3 Å². The van der Waals surface area contributed by atoms with Gasteiger partial charge in [-0.1, -0.05) is 20.8 Å². The summed E-state index contributed by atoms with van der Waals surface area (Å²) < 4.78 is 27.2. The zero-order chi connectivity index (χ0) is 13.3. The molecule has 0 amide bonds. The maximum Gasteiger partial charge on any atom is 0.311 e. The van der Waals surface area contributed by atoms with Crippen molar-refractivity contribution in [3.05, 3.63) is 0 Å². The van der Waals surface area contributed by atoms with E-state index < -0.39 is 21.6 Å². The van der Waals surface area contributed by atoms with Crippen molar-refractivity contribution in [3.8, 4) is 0 Å². The molecule has 0 spiro atoms. The van der Waals surface area contributed by atoms with Crippen LogP contribution in [-0.4, -0.2) is 43.4 Å². The normalized spacial score (nSPS) is 26.6. The van der Waals surface area contributed by atoms with Gasteiger partial charge in [0.15, 0.2) is 0 Å². The first-order chi connectivity index (χ1) is 7.76. The molecule has 0 aromatic heterocycles. The lowest BCUT2D eigenvalue weighted by Crippen LogP contribution is -2.44.